The lowest BCUT2D eigenvalue weighted by molar-refractivity contribution is 0.0949. The third-order valence-corrected chi connectivity index (χ3v) is 7.55. The molecule has 1 heterocycles. The van der Waals surface area contributed by atoms with Crippen LogP contribution in [0.2, 0.25) is 5.02 Å². The van der Waals surface area contributed by atoms with E-state index in [4.69, 9.17) is 11.6 Å². The predicted octanol–water partition coefficient (Wildman–Crippen LogP) is 3.27. The molecule has 2 N–H and O–H groups in total. The van der Waals surface area contributed by atoms with E-state index >= 15 is 0 Å². The molecule has 0 spiro atoms. The van der Waals surface area contributed by atoms with Crippen LogP contribution in [0.25, 0.3) is 0 Å². The summed E-state index contributed by atoms with van der Waals surface area (Å²) in [5.74, 6) is -0.664. The highest BCUT2D eigenvalue weighted by molar-refractivity contribution is 7.89. The maximum atomic E-state index is 12.9. The molecule has 0 bridgehead atoms. The smallest absolute Gasteiger partial charge is 0.255 e. The van der Waals surface area contributed by atoms with E-state index in [-0.39, 0.29) is 27.4 Å². The standard InChI is InChI=1S/C21H22ClN3O4S/c22-18-9-6-15(13-19(18)30(28,29)25-10-1-2-11-25)21(27)24-17-5-3-4-14(12-17)20(26)23-16-7-8-16/h3-6,9,12-13,16H,1-2,7-8,10-11H2,(H,23,26)(H,24,27). The van der Waals surface area contributed by atoms with Gasteiger partial charge in [-0.2, -0.15) is 4.31 Å². The van der Waals surface area contributed by atoms with Crippen molar-refractivity contribution in [2.24, 2.45) is 0 Å². The van der Waals surface area contributed by atoms with Gasteiger partial charge in [0.2, 0.25) is 10.0 Å². The van der Waals surface area contributed by atoms with E-state index in [9.17, 15) is 18.0 Å². The van der Waals surface area contributed by atoms with Crippen molar-refractivity contribution in [3.05, 3.63) is 58.6 Å². The SMILES string of the molecule is O=C(Nc1cccc(C(=O)NC2CC2)c1)c1ccc(Cl)c(S(=O)(=O)N2CCCC2)c1. The van der Waals surface area contributed by atoms with Gasteiger partial charge >= 0.3 is 0 Å². The largest absolute Gasteiger partial charge is 0.349 e. The Labute approximate surface area is 180 Å². The highest BCUT2D eigenvalue weighted by Crippen LogP contribution is 2.28. The number of hydrogen-bond acceptors (Lipinski definition) is 4. The minimum atomic E-state index is -3.75. The molecule has 7 nitrogen and oxygen atoms in total. The molecule has 9 heteroatoms. The monoisotopic (exact) mass is 447 g/mol. The Bertz CT molecular complexity index is 1090. The van der Waals surface area contributed by atoms with Crippen LogP contribution in [0.1, 0.15) is 46.4 Å². The molecule has 1 saturated heterocycles. The lowest BCUT2D eigenvalue weighted by Gasteiger charge is -2.17. The van der Waals surface area contributed by atoms with Crippen LogP contribution in [0.5, 0.6) is 0 Å². The number of nitrogens with zero attached hydrogens (tertiary/aromatic N) is 1. The van der Waals surface area contributed by atoms with Crippen LogP contribution < -0.4 is 10.6 Å². The molecule has 0 atom stereocenters. The van der Waals surface area contributed by atoms with Crippen molar-refractivity contribution in [2.75, 3.05) is 18.4 Å². The fraction of sp³-hybridized carbons (Fsp3) is 0.333. The average Bonchev–Trinajstić information content (AvgIpc) is 3.35. The van der Waals surface area contributed by atoms with Crippen molar-refractivity contribution < 1.29 is 18.0 Å². The van der Waals surface area contributed by atoms with Crippen LogP contribution in [0.3, 0.4) is 0 Å². The zero-order chi connectivity index (χ0) is 21.3. The second-order valence-electron chi connectivity index (χ2n) is 7.54. The number of anilines is 1. The number of benzene rings is 2. The van der Waals surface area contributed by atoms with E-state index in [0.29, 0.717) is 24.3 Å². The summed E-state index contributed by atoms with van der Waals surface area (Å²) >= 11 is 6.14. The van der Waals surface area contributed by atoms with E-state index in [0.717, 1.165) is 25.7 Å². The number of amides is 2. The minimum absolute atomic E-state index is 0.0729. The summed E-state index contributed by atoms with van der Waals surface area (Å²) in [6.45, 7) is 0.898. The lowest BCUT2D eigenvalue weighted by Crippen LogP contribution is -2.28. The highest BCUT2D eigenvalue weighted by Gasteiger charge is 2.30. The highest BCUT2D eigenvalue weighted by atomic mass is 35.5. The Morgan fingerprint density at radius 3 is 2.37 bits per heavy atom. The third kappa shape index (κ3) is 4.50. The van der Waals surface area contributed by atoms with E-state index in [2.05, 4.69) is 10.6 Å². The van der Waals surface area contributed by atoms with Crippen LogP contribution >= 0.6 is 11.6 Å². The normalized spacial score (nSPS) is 17.0. The van der Waals surface area contributed by atoms with Gasteiger partial charge in [0.05, 0.1) is 5.02 Å². The number of rotatable bonds is 6. The Hall–Kier alpha value is -2.42. The summed E-state index contributed by atoms with van der Waals surface area (Å²) in [5, 5.41) is 5.70. The summed E-state index contributed by atoms with van der Waals surface area (Å²) in [7, 11) is -3.75. The Morgan fingerprint density at radius 1 is 0.967 bits per heavy atom. The molecule has 158 valence electrons. The summed E-state index contributed by atoms with van der Waals surface area (Å²) in [4.78, 5) is 24.9. The number of nitrogens with one attached hydrogen (secondary N) is 2. The number of sulfonamides is 1. The topological polar surface area (TPSA) is 95.6 Å². The second kappa shape index (κ2) is 8.37. The fourth-order valence-corrected chi connectivity index (χ4v) is 5.37. The van der Waals surface area contributed by atoms with E-state index in [1.807, 2.05) is 0 Å². The summed E-state index contributed by atoms with van der Waals surface area (Å²) in [6, 6.07) is 11.1. The first kappa shape index (κ1) is 20.8. The van der Waals surface area contributed by atoms with Gasteiger partial charge in [0.15, 0.2) is 0 Å². The van der Waals surface area contributed by atoms with Crippen LogP contribution in [0.15, 0.2) is 47.4 Å². The first-order valence-corrected chi connectivity index (χ1v) is 11.7. The molecule has 0 aromatic heterocycles. The Kier molecular flexibility index (Phi) is 5.81. The van der Waals surface area contributed by atoms with Gasteiger partial charge in [-0.15, -0.1) is 0 Å². The summed E-state index contributed by atoms with van der Waals surface area (Å²) < 4.78 is 27.1. The molecule has 0 unspecified atom stereocenters. The van der Waals surface area contributed by atoms with Crippen molar-refractivity contribution in [3.8, 4) is 0 Å². The molecule has 30 heavy (non-hydrogen) atoms. The van der Waals surface area contributed by atoms with Crippen molar-refractivity contribution in [1.29, 1.82) is 0 Å². The minimum Gasteiger partial charge on any atom is -0.349 e. The molecule has 2 aromatic carbocycles. The number of carbonyl (C=O) groups excluding carboxylic acids is 2. The Morgan fingerprint density at radius 2 is 1.67 bits per heavy atom. The van der Waals surface area contributed by atoms with Gasteiger partial charge in [-0.05, 0) is 62.1 Å². The number of halogens is 1. The van der Waals surface area contributed by atoms with Gasteiger partial charge in [-0.1, -0.05) is 17.7 Å². The van der Waals surface area contributed by atoms with E-state index in [1.54, 1.807) is 24.3 Å². The zero-order valence-corrected chi connectivity index (χ0v) is 17.8. The molecule has 1 aliphatic heterocycles. The van der Waals surface area contributed by atoms with Gasteiger partial charge in [-0.25, -0.2) is 8.42 Å². The first-order valence-electron chi connectivity index (χ1n) is 9.86. The molecule has 2 aromatic rings. The quantitative estimate of drug-likeness (QED) is 0.710. The molecule has 1 aliphatic carbocycles. The molecular formula is C21H22ClN3O4S. The van der Waals surface area contributed by atoms with Gasteiger partial charge < -0.3 is 10.6 Å². The maximum absolute atomic E-state index is 12.9. The Balaban J connectivity index is 1.53. The van der Waals surface area contributed by atoms with Crippen LogP contribution in [-0.4, -0.2) is 43.7 Å². The molecule has 1 saturated carbocycles. The number of hydrogen-bond donors (Lipinski definition) is 2. The zero-order valence-electron chi connectivity index (χ0n) is 16.2. The summed E-state index contributed by atoms with van der Waals surface area (Å²) in [6.07, 6.45) is 3.59. The molecule has 2 aliphatic rings. The summed E-state index contributed by atoms with van der Waals surface area (Å²) in [5.41, 5.74) is 1.07. The molecular weight excluding hydrogens is 426 g/mol. The molecule has 2 amide bonds. The van der Waals surface area contributed by atoms with Crippen molar-refractivity contribution in [1.82, 2.24) is 9.62 Å². The molecule has 0 radical (unpaired) electrons. The van der Waals surface area contributed by atoms with Crippen LogP contribution in [-0.2, 0) is 10.0 Å². The lowest BCUT2D eigenvalue weighted by atomic mass is 10.1. The third-order valence-electron chi connectivity index (χ3n) is 5.17. The predicted molar refractivity (Wildman–Crippen MR) is 114 cm³/mol. The van der Waals surface area contributed by atoms with Crippen molar-refractivity contribution in [2.45, 2.75) is 36.6 Å². The second-order valence-corrected chi connectivity index (χ2v) is 9.85. The van der Waals surface area contributed by atoms with Crippen LogP contribution in [0, 0.1) is 0 Å². The average molecular weight is 448 g/mol. The van der Waals surface area contributed by atoms with Crippen molar-refractivity contribution in [3.63, 3.8) is 0 Å². The molecule has 4 rings (SSSR count). The van der Waals surface area contributed by atoms with E-state index < -0.39 is 15.9 Å². The maximum Gasteiger partial charge on any atom is 0.255 e. The van der Waals surface area contributed by atoms with Gasteiger partial charge in [0, 0.05) is 35.9 Å². The number of carbonyl (C=O) groups is 2. The van der Waals surface area contributed by atoms with E-state index in [1.165, 1.54) is 22.5 Å². The van der Waals surface area contributed by atoms with Gasteiger partial charge in [0.25, 0.3) is 11.8 Å². The first-order chi connectivity index (χ1) is 14.3. The molecule has 2 fully saturated rings. The van der Waals surface area contributed by atoms with Crippen molar-refractivity contribution >= 4 is 39.1 Å². The van der Waals surface area contributed by atoms with Crippen LogP contribution in [0.4, 0.5) is 5.69 Å². The van der Waals surface area contributed by atoms with Gasteiger partial charge in [0.1, 0.15) is 4.90 Å². The van der Waals surface area contributed by atoms with Gasteiger partial charge in [-0.3, -0.25) is 9.59 Å². The fourth-order valence-electron chi connectivity index (χ4n) is 3.35.